The van der Waals surface area contributed by atoms with Crippen LogP contribution in [-0.2, 0) is 4.74 Å². The lowest BCUT2D eigenvalue weighted by Crippen LogP contribution is -2.30. The first-order chi connectivity index (χ1) is 13.1. The topological polar surface area (TPSA) is 91.3 Å². The number of nitrogens with zero attached hydrogens (tertiary/aromatic N) is 3. The lowest BCUT2D eigenvalue weighted by atomic mass is 10.00. The molecule has 2 aromatic heterocycles. The highest BCUT2D eigenvalue weighted by molar-refractivity contribution is 5.92. The van der Waals surface area contributed by atoms with Crippen LogP contribution in [0, 0.1) is 5.92 Å². The summed E-state index contributed by atoms with van der Waals surface area (Å²) in [4.78, 5) is 25.4. The number of anilines is 1. The summed E-state index contributed by atoms with van der Waals surface area (Å²) in [6, 6.07) is 8.83. The maximum Gasteiger partial charge on any atom is 0.335 e. The van der Waals surface area contributed by atoms with Gasteiger partial charge in [-0.2, -0.15) is 0 Å². The zero-order valence-electron chi connectivity index (χ0n) is 15.2. The van der Waals surface area contributed by atoms with Crippen LogP contribution in [0.25, 0.3) is 22.3 Å². The van der Waals surface area contributed by atoms with E-state index in [0.29, 0.717) is 5.92 Å². The van der Waals surface area contributed by atoms with Crippen molar-refractivity contribution >= 4 is 22.8 Å². The Labute approximate surface area is 157 Å². The summed E-state index contributed by atoms with van der Waals surface area (Å²) in [5.74, 6) is 0.577. The van der Waals surface area contributed by atoms with Crippen LogP contribution in [0.1, 0.15) is 23.2 Å². The number of aromatic amines is 1. The van der Waals surface area contributed by atoms with Crippen molar-refractivity contribution in [2.45, 2.75) is 12.8 Å². The normalized spacial score (nSPS) is 15.1. The van der Waals surface area contributed by atoms with Crippen LogP contribution >= 0.6 is 0 Å². The number of aromatic carboxylic acids is 1. The lowest BCUT2D eigenvalue weighted by molar-refractivity contribution is 0.0684. The third-order valence-electron chi connectivity index (χ3n) is 5.08. The van der Waals surface area contributed by atoms with Crippen molar-refractivity contribution in [3.8, 4) is 11.3 Å². The first kappa shape index (κ1) is 17.5. The van der Waals surface area contributed by atoms with Crippen LogP contribution < -0.4 is 4.90 Å². The van der Waals surface area contributed by atoms with E-state index in [4.69, 9.17) is 9.84 Å². The van der Waals surface area contributed by atoms with Crippen LogP contribution in [-0.4, -0.2) is 52.8 Å². The van der Waals surface area contributed by atoms with E-state index >= 15 is 0 Å². The largest absolute Gasteiger partial charge is 0.478 e. The van der Waals surface area contributed by atoms with Crippen LogP contribution in [0.15, 0.2) is 36.7 Å². The molecule has 4 rings (SSSR count). The van der Waals surface area contributed by atoms with Crippen LogP contribution in [0.2, 0.25) is 0 Å². The third-order valence-corrected chi connectivity index (χ3v) is 5.08. The summed E-state index contributed by atoms with van der Waals surface area (Å²) in [5, 5.41) is 10.0. The number of nitrogens with one attached hydrogen (secondary N) is 1. The van der Waals surface area contributed by atoms with Crippen molar-refractivity contribution < 1.29 is 14.6 Å². The van der Waals surface area contributed by atoms with Crippen LogP contribution in [0.4, 0.5) is 5.82 Å². The second-order valence-electron chi connectivity index (χ2n) is 6.96. The van der Waals surface area contributed by atoms with Gasteiger partial charge in [0.25, 0.3) is 0 Å². The van der Waals surface area contributed by atoms with Gasteiger partial charge < -0.3 is 19.7 Å². The third kappa shape index (κ3) is 3.64. The highest BCUT2D eigenvalue weighted by Crippen LogP contribution is 2.29. The molecule has 0 radical (unpaired) electrons. The minimum Gasteiger partial charge on any atom is -0.478 e. The number of carboxylic acid groups (broad SMARTS) is 1. The van der Waals surface area contributed by atoms with E-state index < -0.39 is 5.97 Å². The molecule has 27 heavy (non-hydrogen) atoms. The number of rotatable bonds is 5. The molecule has 1 fully saturated rings. The number of ether oxygens (including phenoxy) is 1. The zero-order chi connectivity index (χ0) is 18.8. The Morgan fingerprint density at radius 3 is 2.70 bits per heavy atom. The van der Waals surface area contributed by atoms with Gasteiger partial charge >= 0.3 is 5.97 Å². The quantitative estimate of drug-likeness (QED) is 0.721. The smallest absolute Gasteiger partial charge is 0.335 e. The van der Waals surface area contributed by atoms with Gasteiger partial charge in [-0.1, -0.05) is 12.1 Å². The van der Waals surface area contributed by atoms with Gasteiger partial charge in [0.05, 0.1) is 10.9 Å². The molecule has 1 aliphatic heterocycles. The number of hydrogen-bond acceptors (Lipinski definition) is 5. The van der Waals surface area contributed by atoms with Crippen molar-refractivity contribution in [2.24, 2.45) is 5.92 Å². The Bertz CT molecular complexity index is 946. The molecular weight excluding hydrogens is 344 g/mol. The van der Waals surface area contributed by atoms with Gasteiger partial charge in [0, 0.05) is 32.5 Å². The average Bonchev–Trinajstić information content (AvgIpc) is 3.13. The Hall–Kier alpha value is -2.93. The molecule has 0 unspecified atom stereocenters. The standard InChI is InChI=1S/C20H22N4O3/c1-24(11-13-6-8-27-9-7-13)19-16-10-17(23-18(16)21-12-22-19)14-2-4-15(5-3-14)20(25)26/h2-5,10,12-13H,6-9,11H2,1H3,(H,25,26)(H,21,22,23). The van der Waals surface area contributed by atoms with Gasteiger partial charge in [-0.15, -0.1) is 0 Å². The van der Waals surface area contributed by atoms with E-state index in [9.17, 15) is 4.79 Å². The second-order valence-corrected chi connectivity index (χ2v) is 6.96. The van der Waals surface area contributed by atoms with Crippen LogP contribution in [0.3, 0.4) is 0 Å². The summed E-state index contributed by atoms with van der Waals surface area (Å²) in [5.41, 5.74) is 2.85. The molecule has 7 nitrogen and oxygen atoms in total. The zero-order valence-corrected chi connectivity index (χ0v) is 15.2. The molecule has 1 aliphatic rings. The number of aromatic nitrogens is 3. The lowest BCUT2D eigenvalue weighted by Gasteiger charge is -2.27. The summed E-state index contributed by atoms with van der Waals surface area (Å²) >= 11 is 0. The maximum absolute atomic E-state index is 11.0. The summed E-state index contributed by atoms with van der Waals surface area (Å²) in [6.45, 7) is 2.60. The summed E-state index contributed by atoms with van der Waals surface area (Å²) in [6.07, 6.45) is 3.73. The fourth-order valence-corrected chi connectivity index (χ4v) is 3.58. The molecule has 0 saturated carbocycles. The first-order valence-electron chi connectivity index (χ1n) is 9.08. The molecule has 2 N–H and O–H groups in total. The monoisotopic (exact) mass is 366 g/mol. The van der Waals surface area contributed by atoms with E-state index in [0.717, 1.165) is 60.7 Å². The SMILES string of the molecule is CN(CC1CCOCC1)c1ncnc2[nH]c(-c3ccc(C(=O)O)cc3)cc12. The molecule has 7 heteroatoms. The second kappa shape index (κ2) is 7.36. The number of fused-ring (bicyclic) bond motifs is 1. The Kier molecular flexibility index (Phi) is 4.77. The van der Waals surface area contributed by atoms with Gasteiger partial charge in [0.2, 0.25) is 0 Å². The average molecular weight is 366 g/mol. The number of benzene rings is 1. The van der Waals surface area contributed by atoms with Crippen molar-refractivity contribution in [1.82, 2.24) is 15.0 Å². The van der Waals surface area contributed by atoms with Crippen LogP contribution in [0.5, 0.6) is 0 Å². The molecule has 140 valence electrons. The van der Waals surface area contributed by atoms with Gasteiger partial charge in [-0.3, -0.25) is 0 Å². The molecule has 3 heterocycles. The van der Waals surface area contributed by atoms with E-state index in [1.54, 1.807) is 30.6 Å². The molecule has 0 atom stereocenters. The van der Waals surface area contributed by atoms with Crippen molar-refractivity contribution in [3.05, 3.63) is 42.2 Å². The van der Waals surface area contributed by atoms with Gasteiger partial charge in [-0.05, 0) is 42.5 Å². The Morgan fingerprint density at radius 2 is 2.00 bits per heavy atom. The van der Waals surface area contributed by atoms with Crippen molar-refractivity contribution in [2.75, 3.05) is 31.7 Å². The molecule has 0 amide bonds. The molecule has 3 aromatic rings. The van der Waals surface area contributed by atoms with E-state index in [2.05, 4.69) is 26.9 Å². The summed E-state index contributed by atoms with van der Waals surface area (Å²) in [7, 11) is 2.06. The first-order valence-corrected chi connectivity index (χ1v) is 9.08. The highest BCUT2D eigenvalue weighted by Gasteiger charge is 2.19. The Balaban J connectivity index is 1.62. The fraction of sp³-hybridized carbons (Fsp3) is 0.350. The molecule has 0 aliphatic carbocycles. The summed E-state index contributed by atoms with van der Waals surface area (Å²) < 4.78 is 5.45. The van der Waals surface area contributed by atoms with Gasteiger partial charge in [-0.25, -0.2) is 14.8 Å². The van der Waals surface area contributed by atoms with Gasteiger partial charge in [0.1, 0.15) is 17.8 Å². The Morgan fingerprint density at radius 1 is 1.26 bits per heavy atom. The van der Waals surface area contributed by atoms with Crippen molar-refractivity contribution in [3.63, 3.8) is 0 Å². The molecule has 0 spiro atoms. The molecule has 0 bridgehead atoms. The number of carboxylic acids is 1. The number of carbonyl (C=O) groups is 1. The predicted octanol–water partition coefficient (Wildman–Crippen LogP) is 3.19. The molecular formula is C20H22N4O3. The minimum absolute atomic E-state index is 0.270. The predicted molar refractivity (Wildman–Crippen MR) is 103 cm³/mol. The minimum atomic E-state index is -0.930. The van der Waals surface area contributed by atoms with Gasteiger partial charge in [0.15, 0.2) is 0 Å². The number of H-pyrrole nitrogens is 1. The highest BCUT2D eigenvalue weighted by atomic mass is 16.5. The fourth-order valence-electron chi connectivity index (χ4n) is 3.58. The molecule has 1 aromatic carbocycles. The molecule has 1 saturated heterocycles. The van der Waals surface area contributed by atoms with E-state index in [1.165, 1.54) is 0 Å². The van der Waals surface area contributed by atoms with E-state index in [1.807, 2.05) is 6.07 Å². The number of hydrogen-bond donors (Lipinski definition) is 2. The maximum atomic E-state index is 11.0. The van der Waals surface area contributed by atoms with Crippen molar-refractivity contribution in [1.29, 1.82) is 0 Å². The van der Waals surface area contributed by atoms with E-state index in [-0.39, 0.29) is 5.56 Å².